The predicted molar refractivity (Wildman–Crippen MR) is 89.7 cm³/mol. The number of aromatic nitrogens is 1. The molecule has 0 aliphatic carbocycles. The van der Waals surface area contributed by atoms with Crippen molar-refractivity contribution in [1.82, 2.24) is 4.40 Å². The van der Waals surface area contributed by atoms with Crippen LogP contribution in [-0.4, -0.2) is 16.0 Å². The molecule has 0 aliphatic rings. The molecule has 2 aromatic heterocycles. The van der Waals surface area contributed by atoms with Gasteiger partial charge in [0.1, 0.15) is 0 Å². The fourth-order valence-corrected chi connectivity index (χ4v) is 2.77. The van der Waals surface area contributed by atoms with Crippen LogP contribution in [0.15, 0.2) is 53.1 Å². The first-order chi connectivity index (χ1) is 10.5. The number of rotatable bonds is 3. The molecule has 0 aliphatic heterocycles. The van der Waals surface area contributed by atoms with Crippen molar-refractivity contribution in [1.29, 1.82) is 0 Å². The minimum Gasteiger partial charge on any atom is -0.313 e. The maximum atomic E-state index is 12.7. The lowest BCUT2D eigenvalue weighted by atomic mass is 10.1. The summed E-state index contributed by atoms with van der Waals surface area (Å²) in [5.41, 5.74) is 3.49. The molecule has 110 valence electrons. The van der Waals surface area contributed by atoms with E-state index in [0.29, 0.717) is 16.8 Å². The molecule has 2 heterocycles. The Kier molecular flexibility index (Phi) is 3.71. The second kappa shape index (κ2) is 5.54. The van der Waals surface area contributed by atoms with E-state index in [1.165, 1.54) is 6.92 Å². The number of fused-ring (bicyclic) bond motifs is 1. The molecule has 0 atom stereocenters. The molecule has 0 saturated carbocycles. The van der Waals surface area contributed by atoms with Gasteiger partial charge >= 0.3 is 0 Å². The van der Waals surface area contributed by atoms with Crippen LogP contribution in [0.1, 0.15) is 38.9 Å². The molecule has 0 bridgehead atoms. The first-order valence-corrected chi connectivity index (χ1v) is 7.69. The van der Waals surface area contributed by atoms with Crippen molar-refractivity contribution in [3.8, 4) is 0 Å². The zero-order valence-electron chi connectivity index (χ0n) is 12.3. The van der Waals surface area contributed by atoms with Crippen molar-refractivity contribution in [3.63, 3.8) is 0 Å². The molecule has 0 spiro atoms. The second-order valence-electron chi connectivity index (χ2n) is 5.29. The quantitative estimate of drug-likeness (QED) is 0.651. The summed E-state index contributed by atoms with van der Waals surface area (Å²) in [7, 11) is 0. The van der Waals surface area contributed by atoms with Crippen LogP contribution in [-0.2, 0) is 0 Å². The standard InChI is InChI=1S/C18H14BrNO2/c1-11-7-8-20-16(9-11)15(12(2)21)10-17(20)18(22)13-3-5-14(19)6-4-13/h3-10H,1-2H3. The summed E-state index contributed by atoms with van der Waals surface area (Å²) in [5, 5.41) is 0. The number of pyridine rings is 1. The van der Waals surface area contributed by atoms with Crippen LogP contribution >= 0.6 is 15.9 Å². The molecular formula is C18H14BrNO2. The molecule has 0 radical (unpaired) electrons. The molecular weight excluding hydrogens is 342 g/mol. The number of aryl methyl sites for hydroxylation is 1. The Hall–Kier alpha value is -2.20. The minimum atomic E-state index is -0.0983. The molecule has 0 amide bonds. The van der Waals surface area contributed by atoms with Gasteiger partial charge in [0.15, 0.2) is 5.78 Å². The Balaban J connectivity index is 2.20. The van der Waals surface area contributed by atoms with E-state index in [2.05, 4.69) is 15.9 Å². The van der Waals surface area contributed by atoms with Gasteiger partial charge in [0.25, 0.3) is 0 Å². The molecule has 3 rings (SSSR count). The summed E-state index contributed by atoms with van der Waals surface area (Å²) in [6.07, 6.45) is 1.84. The van der Waals surface area contributed by atoms with Crippen molar-refractivity contribution in [2.75, 3.05) is 0 Å². The van der Waals surface area contributed by atoms with E-state index in [1.54, 1.807) is 22.6 Å². The highest BCUT2D eigenvalue weighted by Gasteiger charge is 2.18. The fraction of sp³-hybridized carbons (Fsp3) is 0.111. The van der Waals surface area contributed by atoms with Gasteiger partial charge < -0.3 is 4.40 Å². The summed E-state index contributed by atoms with van der Waals surface area (Å²) < 4.78 is 2.71. The van der Waals surface area contributed by atoms with Crippen molar-refractivity contribution in [2.45, 2.75) is 13.8 Å². The van der Waals surface area contributed by atoms with Gasteiger partial charge in [0, 0.05) is 21.8 Å². The van der Waals surface area contributed by atoms with Gasteiger partial charge in [-0.2, -0.15) is 0 Å². The number of benzene rings is 1. The zero-order valence-corrected chi connectivity index (χ0v) is 13.8. The highest BCUT2D eigenvalue weighted by molar-refractivity contribution is 9.10. The number of halogens is 1. The summed E-state index contributed by atoms with van der Waals surface area (Å²) in [6.45, 7) is 3.48. The van der Waals surface area contributed by atoms with Crippen LogP contribution in [0.2, 0.25) is 0 Å². The average Bonchev–Trinajstić information content (AvgIpc) is 2.86. The van der Waals surface area contributed by atoms with Crippen LogP contribution in [0.5, 0.6) is 0 Å². The van der Waals surface area contributed by atoms with Gasteiger partial charge in [0.05, 0.1) is 11.2 Å². The van der Waals surface area contributed by atoms with Gasteiger partial charge in [0.2, 0.25) is 5.78 Å². The highest BCUT2D eigenvalue weighted by Crippen LogP contribution is 2.22. The van der Waals surface area contributed by atoms with Crippen molar-refractivity contribution < 1.29 is 9.59 Å². The molecule has 0 fully saturated rings. The minimum absolute atomic E-state index is 0.0436. The SMILES string of the molecule is CC(=O)c1cc(C(=O)c2ccc(Br)cc2)n2ccc(C)cc12. The number of hydrogen-bond donors (Lipinski definition) is 0. The van der Waals surface area contributed by atoms with Gasteiger partial charge in [-0.15, -0.1) is 0 Å². The van der Waals surface area contributed by atoms with E-state index in [1.807, 2.05) is 37.4 Å². The van der Waals surface area contributed by atoms with E-state index < -0.39 is 0 Å². The zero-order chi connectivity index (χ0) is 15.9. The summed E-state index contributed by atoms with van der Waals surface area (Å²) in [6, 6.07) is 12.7. The third kappa shape index (κ3) is 2.50. The summed E-state index contributed by atoms with van der Waals surface area (Å²) >= 11 is 3.36. The van der Waals surface area contributed by atoms with Gasteiger partial charge in [-0.3, -0.25) is 9.59 Å². The highest BCUT2D eigenvalue weighted by atomic mass is 79.9. The molecule has 3 nitrogen and oxygen atoms in total. The monoisotopic (exact) mass is 355 g/mol. The summed E-state index contributed by atoms with van der Waals surface area (Å²) in [5.74, 6) is -0.142. The van der Waals surface area contributed by atoms with Crippen LogP contribution in [0.4, 0.5) is 0 Å². The van der Waals surface area contributed by atoms with Crippen LogP contribution in [0.3, 0.4) is 0 Å². The maximum Gasteiger partial charge on any atom is 0.209 e. The third-order valence-corrected chi connectivity index (χ3v) is 4.17. The van der Waals surface area contributed by atoms with Crippen LogP contribution in [0, 0.1) is 6.92 Å². The van der Waals surface area contributed by atoms with E-state index >= 15 is 0 Å². The average molecular weight is 356 g/mol. The Bertz CT molecular complexity index is 891. The summed E-state index contributed by atoms with van der Waals surface area (Å²) in [4.78, 5) is 24.6. The predicted octanol–water partition coefficient (Wildman–Crippen LogP) is 4.44. The smallest absolute Gasteiger partial charge is 0.209 e. The van der Waals surface area contributed by atoms with Crippen molar-refractivity contribution in [2.24, 2.45) is 0 Å². The number of Topliss-reactive ketones (excluding diaryl/α,β-unsaturated/α-hetero) is 1. The first kappa shape index (κ1) is 14.7. The normalized spacial score (nSPS) is 10.9. The molecule has 1 aromatic carbocycles. The van der Waals surface area contributed by atoms with E-state index in [4.69, 9.17) is 0 Å². The molecule has 22 heavy (non-hydrogen) atoms. The lowest BCUT2D eigenvalue weighted by molar-refractivity contribution is 0.101. The Morgan fingerprint density at radius 2 is 1.73 bits per heavy atom. The molecule has 3 aromatic rings. The molecule has 0 unspecified atom stereocenters. The maximum absolute atomic E-state index is 12.7. The number of hydrogen-bond acceptors (Lipinski definition) is 2. The molecule has 4 heteroatoms. The van der Waals surface area contributed by atoms with E-state index in [9.17, 15) is 9.59 Å². The number of carbonyl (C=O) groups excluding carboxylic acids is 2. The Morgan fingerprint density at radius 1 is 1.05 bits per heavy atom. The van der Waals surface area contributed by atoms with Crippen LogP contribution in [0.25, 0.3) is 5.52 Å². The molecule has 0 N–H and O–H groups in total. The Morgan fingerprint density at radius 3 is 2.36 bits per heavy atom. The van der Waals surface area contributed by atoms with E-state index in [0.717, 1.165) is 15.6 Å². The molecule has 0 saturated heterocycles. The van der Waals surface area contributed by atoms with Crippen molar-refractivity contribution in [3.05, 3.63) is 75.5 Å². The second-order valence-corrected chi connectivity index (χ2v) is 6.21. The lowest BCUT2D eigenvalue weighted by Gasteiger charge is -2.04. The van der Waals surface area contributed by atoms with E-state index in [-0.39, 0.29) is 11.6 Å². The number of nitrogens with zero attached hydrogens (tertiary/aromatic N) is 1. The van der Waals surface area contributed by atoms with Gasteiger partial charge in [-0.05, 0) is 61.9 Å². The van der Waals surface area contributed by atoms with Gasteiger partial charge in [-0.25, -0.2) is 0 Å². The first-order valence-electron chi connectivity index (χ1n) is 6.90. The Labute approximate surface area is 136 Å². The number of carbonyl (C=O) groups is 2. The largest absolute Gasteiger partial charge is 0.313 e. The van der Waals surface area contributed by atoms with Crippen molar-refractivity contribution >= 4 is 33.0 Å². The van der Waals surface area contributed by atoms with Gasteiger partial charge in [-0.1, -0.05) is 15.9 Å². The van der Waals surface area contributed by atoms with Crippen LogP contribution < -0.4 is 0 Å². The third-order valence-electron chi connectivity index (χ3n) is 3.65. The lowest BCUT2D eigenvalue weighted by Crippen LogP contribution is -2.04. The topological polar surface area (TPSA) is 38.5 Å². The fourth-order valence-electron chi connectivity index (χ4n) is 2.51. The number of ketones is 2.